The first-order valence-electron chi connectivity index (χ1n) is 6.02. The Morgan fingerprint density at radius 1 is 1.28 bits per heavy atom. The van der Waals surface area contributed by atoms with Gasteiger partial charge in [-0.3, -0.25) is 9.59 Å². The van der Waals surface area contributed by atoms with Gasteiger partial charge in [0.2, 0.25) is 11.8 Å². The molecule has 7 nitrogen and oxygen atoms in total. The Kier molecular flexibility index (Phi) is 5.57. The van der Waals surface area contributed by atoms with Crippen LogP contribution in [0.5, 0.6) is 0 Å². The minimum absolute atomic E-state index is 0.239. The summed E-state index contributed by atoms with van der Waals surface area (Å²) in [6, 6.07) is -1.23. The molecule has 0 unspecified atom stereocenters. The lowest BCUT2D eigenvalue weighted by molar-refractivity contribution is -0.143. The molecule has 0 radical (unpaired) electrons. The number of nitrogens with one attached hydrogen (secondary N) is 1. The molecule has 1 aliphatic heterocycles. The summed E-state index contributed by atoms with van der Waals surface area (Å²) in [4.78, 5) is 35.2. The van der Waals surface area contributed by atoms with E-state index in [2.05, 4.69) is 10.2 Å². The molecule has 0 saturated carbocycles. The van der Waals surface area contributed by atoms with Crippen LogP contribution in [-0.2, 0) is 14.4 Å². The number of carboxylic acid groups (broad SMARTS) is 1. The largest absolute Gasteiger partial charge is 0.480 e. The molecule has 2 amide bonds. The number of hydrogen-bond acceptors (Lipinski definition) is 4. The molecule has 0 aromatic rings. The van der Waals surface area contributed by atoms with Crippen LogP contribution in [0.1, 0.15) is 25.7 Å². The molecule has 1 rings (SSSR count). The minimum Gasteiger partial charge on any atom is -0.480 e. The average molecular weight is 257 g/mol. The van der Waals surface area contributed by atoms with E-state index >= 15 is 0 Å². The number of likely N-dealkylation sites (tertiary alicyclic amines) is 1. The molecule has 1 fully saturated rings. The second-order valence-electron chi connectivity index (χ2n) is 4.43. The van der Waals surface area contributed by atoms with Crippen LogP contribution in [0.4, 0.5) is 0 Å². The molecule has 102 valence electrons. The Labute approximate surface area is 105 Å². The minimum atomic E-state index is -1.25. The molecule has 0 aromatic heterocycles. The highest BCUT2D eigenvalue weighted by molar-refractivity contribution is 5.88. The fraction of sp³-hybridized carbons (Fsp3) is 0.727. The lowest BCUT2D eigenvalue weighted by Crippen LogP contribution is -2.44. The number of carbonyl (C=O) groups is 3. The fourth-order valence-electron chi connectivity index (χ4n) is 1.93. The van der Waals surface area contributed by atoms with Crippen molar-refractivity contribution >= 4 is 17.8 Å². The lowest BCUT2D eigenvalue weighted by atomic mass is 10.2. The van der Waals surface area contributed by atoms with Gasteiger partial charge in [-0.15, -0.1) is 0 Å². The lowest BCUT2D eigenvalue weighted by Gasteiger charge is -2.16. The summed E-state index contributed by atoms with van der Waals surface area (Å²) < 4.78 is 0. The first kappa shape index (κ1) is 14.4. The maximum absolute atomic E-state index is 11.5. The van der Waals surface area contributed by atoms with Gasteiger partial charge >= 0.3 is 5.97 Å². The van der Waals surface area contributed by atoms with Gasteiger partial charge in [0.1, 0.15) is 6.04 Å². The van der Waals surface area contributed by atoms with Gasteiger partial charge in [-0.05, 0) is 25.9 Å². The number of hydrogen-bond donors (Lipinski definition) is 3. The van der Waals surface area contributed by atoms with Crippen LogP contribution in [-0.4, -0.2) is 53.5 Å². The van der Waals surface area contributed by atoms with E-state index in [1.165, 1.54) is 0 Å². The first-order valence-corrected chi connectivity index (χ1v) is 6.02. The van der Waals surface area contributed by atoms with Gasteiger partial charge < -0.3 is 21.1 Å². The number of carboxylic acids is 1. The van der Waals surface area contributed by atoms with Crippen molar-refractivity contribution in [1.29, 1.82) is 0 Å². The van der Waals surface area contributed by atoms with Gasteiger partial charge in [-0.1, -0.05) is 0 Å². The van der Waals surface area contributed by atoms with E-state index in [-0.39, 0.29) is 18.7 Å². The second-order valence-corrected chi connectivity index (χ2v) is 4.43. The molecule has 1 atom stereocenters. The zero-order valence-corrected chi connectivity index (χ0v) is 10.2. The summed E-state index contributed by atoms with van der Waals surface area (Å²) in [5.74, 6) is -2.36. The van der Waals surface area contributed by atoms with E-state index in [9.17, 15) is 14.4 Å². The van der Waals surface area contributed by atoms with Crippen LogP contribution in [0.3, 0.4) is 0 Å². The molecule has 1 heterocycles. The van der Waals surface area contributed by atoms with Crippen molar-refractivity contribution < 1.29 is 19.5 Å². The van der Waals surface area contributed by atoms with Crippen LogP contribution < -0.4 is 11.1 Å². The van der Waals surface area contributed by atoms with Crippen LogP contribution in [0.25, 0.3) is 0 Å². The Bertz CT molecular complexity index is 326. The number of rotatable bonds is 7. The first-order chi connectivity index (χ1) is 8.49. The summed E-state index contributed by atoms with van der Waals surface area (Å²) in [5, 5.41) is 11.1. The van der Waals surface area contributed by atoms with Crippen LogP contribution in [0.15, 0.2) is 0 Å². The summed E-state index contributed by atoms with van der Waals surface area (Å²) in [5.41, 5.74) is 4.92. The molecular weight excluding hydrogens is 238 g/mol. The zero-order valence-electron chi connectivity index (χ0n) is 10.2. The van der Waals surface area contributed by atoms with Gasteiger partial charge in [0.05, 0.1) is 6.42 Å². The number of primary amides is 1. The highest BCUT2D eigenvalue weighted by Gasteiger charge is 2.22. The second kappa shape index (κ2) is 6.95. The average Bonchev–Trinajstić information content (AvgIpc) is 2.77. The summed E-state index contributed by atoms with van der Waals surface area (Å²) in [7, 11) is 0. The summed E-state index contributed by atoms with van der Waals surface area (Å²) in [6.07, 6.45) is 2.13. The topological polar surface area (TPSA) is 113 Å². The standard InChI is InChI=1S/C11H19N3O4/c12-9(15)7-8(11(17)18)13-10(16)3-6-14-4-1-2-5-14/h8H,1-7H2,(H2,12,15)(H,13,16)(H,17,18)/t8-/m0/s1. The zero-order chi connectivity index (χ0) is 13.5. The highest BCUT2D eigenvalue weighted by atomic mass is 16.4. The van der Waals surface area contributed by atoms with Gasteiger partial charge in [-0.2, -0.15) is 0 Å². The molecule has 0 aliphatic carbocycles. The fourth-order valence-corrected chi connectivity index (χ4v) is 1.93. The Balaban J connectivity index is 2.31. The van der Waals surface area contributed by atoms with E-state index in [0.717, 1.165) is 25.9 Å². The quantitative estimate of drug-likeness (QED) is 0.537. The third-order valence-corrected chi connectivity index (χ3v) is 2.89. The van der Waals surface area contributed by atoms with E-state index < -0.39 is 17.9 Å². The molecule has 18 heavy (non-hydrogen) atoms. The van der Waals surface area contributed by atoms with Crippen molar-refractivity contribution in [2.45, 2.75) is 31.7 Å². The predicted molar refractivity (Wildman–Crippen MR) is 63.7 cm³/mol. The smallest absolute Gasteiger partial charge is 0.326 e. The van der Waals surface area contributed by atoms with Crippen molar-refractivity contribution in [1.82, 2.24) is 10.2 Å². The van der Waals surface area contributed by atoms with Gasteiger partial charge in [0.25, 0.3) is 0 Å². The van der Waals surface area contributed by atoms with Gasteiger partial charge in [0.15, 0.2) is 0 Å². The third-order valence-electron chi connectivity index (χ3n) is 2.89. The van der Waals surface area contributed by atoms with Crippen LogP contribution >= 0.6 is 0 Å². The Morgan fingerprint density at radius 3 is 2.39 bits per heavy atom. The van der Waals surface area contributed by atoms with Crippen LogP contribution in [0, 0.1) is 0 Å². The van der Waals surface area contributed by atoms with Crippen molar-refractivity contribution in [3.05, 3.63) is 0 Å². The molecule has 0 bridgehead atoms. The van der Waals surface area contributed by atoms with E-state index in [0.29, 0.717) is 6.54 Å². The molecule has 1 aliphatic rings. The SMILES string of the molecule is NC(=O)C[C@H](NC(=O)CCN1CCCC1)C(=O)O. The molecule has 4 N–H and O–H groups in total. The number of carbonyl (C=O) groups excluding carboxylic acids is 2. The number of nitrogens with two attached hydrogens (primary N) is 1. The van der Waals surface area contributed by atoms with Gasteiger partial charge in [0, 0.05) is 13.0 Å². The summed E-state index contributed by atoms with van der Waals surface area (Å²) >= 11 is 0. The number of nitrogens with zero attached hydrogens (tertiary/aromatic N) is 1. The van der Waals surface area contributed by atoms with Crippen molar-refractivity contribution in [3.8, 4) is 0 Å². The monoisotopic (exact) mass is 257 g/mol. The molecule has 1 saturated heterocycles. The maximum Gasteiger partial charge on any atom is 0.326 e. The molecule has 0 aromatic carbocycles. The predicted octanol–water partition coefficient (Wildman–Crippen LogP) is -1.08. The van der Waals surface area contributed by atoms with Crippen molar-refractivity contribution in [2.24, 2.45) is 5.73 Å². The molecular formula is C11H19N3O4. The Morgan fingerprint density at radius 2 is 1.89 bits per heavy atom. The molecule has 0 spiro atoms. The van der Waals surface area contributed by atoms with E-state index in [1.54, 1.807) is 0 Å². The number of aliphatic carboxylic acids is 1. The third kappa shape index (κ3) is 5.13. The summed E-state index contributed by atoms with van der Waals surface area (Å²) in [6.45, 7) is 2.59. The van der Waals surface area contributed by atoms with E-state index in [1.807, 2.05) is 0 Å². The normalized spacial score (nSPS) is 17.3. The van der Waals surface area contributed by atoms with Crippen molar-refractivity contribution in [3.63, 3.8) is 0 Å². The van der Waals surface area contributed by atoms with Gasteiger partial charge in [-0.25, -0.2) is 4.79 Å². The van der Waals surface area contributed by atoms with Crippen LogP contribution in [0.2, 0.25) is 0 Å². The number of amides is 2. The molecule has 7 heteroatoms. The highest BCUT2D eigenvalue weighted by Crippen LogP contribution is 2.07. The Hall–Kier alpha value is -1.63. The van der Waals surface area contributed by atoms with E-state index in [4.69, 9.17) is 10.8 Å². The van der Waals surface area contributed by atoms with Crippen molar-refractivity contribution in [2.75, 3.05) is 19.6 Å². The maximum atomic E-state index is 11.5.